The lowest BCUT2D eigenvalue weighted by molar-refractivity contribution is 0.406. The lowest BCUT2D eigenvalue weighted by atomic mass is 9.93. The normalized spacial score (nSPS) is 12.0. The van der Waals surface area contributed by atoms with Crippen molar-refractivity contribution in [1.82, 2.24) is 18.7 Å². The van der Waals surface area contributed by atoms with E-state index in [1.165, 1.54) is 22.0 Å². The summed E-state index contributed by atoms with van der Waals surface area (Å²) in [7, 11) is 0. The Morgan fingerprint density at radius 3 is 2.17 bits per heavy atom. The van der Waals surface area contributed by atoms with Gasteiger partial charge in [-0.05, 0) is 98.0 Å². The molecular weight excluding hydrogens is 589 g/mol. The van der Waals surface area contributed by atoms with Crippen LogP contribution in [0.25, 0.3) is 55.5 Å². The highest BCUT2D eigenvalue weighted by atomic mass is 16.5. The molecule has 0 saturated carbocycles. The number of hydrogen-bond acceptors (Lipinski definition) is 2. The lowest BCUT2D eigenvalue weighted by Gasteiger charge is -2.17. The van der Waals surface area contributed by atoms with Gasteiger partial charge in [-0.2, -0.15) is 4.57 Å². The number of hydrogen-bond donors (Lipinski definition) is 0. The summed E-state index contributed by atoms with van der Waals surface area (Å²) in [6.07, 6.45) is 4.11. The van der Waals surface area contributed by atoms with Crippen molar-refractivity contribution >= 4 is 32.8 Å². The van der Waals surface area contributed by atoms with Gasteiger partial charge in [0.1, 0.15) is 23.0 Å². The summed E-state index contributed by atoms with van der Waals surface area (Å²) < 4.78 is 13.4. The minimum atomic E-state index is -0.0565. The lowest BCUT2D eigenvalue weighted by Crippen LogP contribution is -2.20. The second kappa shape index (κ2) is 11.5. The molecule has 0 aliphatic heterocycles. The summed E-state index contributed by atoms with van der Waals surface area (Å²) in [4.78, 5) is 4.90. The average molecular weight is 628 g/mol. The minimum Gasteiger partial charge on any atom is -0.456 e. The molecule has 3 aromatic heterocycles. The van der Waals surface area contributed by atoms with Gasteiger partial charge in [0.05, 0.1) is 16.6 Å². The maximum atomic E-state index is 6.60. The number of nitrogens with zero attached hydrogens (tertiary/aromatic N) is 4. The van der Waals surface area contributed by atoms with E-state index in [4.69, 9.17) is 9.72 Å². The highest BCUT2D eigenvalue weighted by molar-refractivity contribution is 6.09. The van der Waals surface area contributed by atoms with Gasteiger partial charge in [0.2, 0.25) is 0 Å². The van der Waals surface area contributed by atoms with Crippen molar-refractivity contribution in [3.63, 3.8) is 0 Å². The van der Waals surface area contributed by atoms with Crippen LogP contribution >= 0.6 is 0 Å². The molecule has 5 heteroatoms. The summed E-state index contributed by atoms with van der Waals surface area (Å²) in [5.41, 5.74) is 9.23. The summed E-state index contributed by atoms with van der Waals surface area (Å²) in [5.74, 6) is 2.84. The quantitative estimate of drug-likeness (QED) is 0.172. The van der Waals surface area contributed by atoms with E-state index in [0.29, 0.717) is 5.92 Å². The van der Waals surface area contributed by atoms with Gasteiger partial charge in [-0.15, -0.1) is 0 Å². The van der Waals surface area contributed by atoms with Gasteiger partial charge in [0, 0.05) is 47.3 Å². The van der Waals surface area contributed by atoms with Crippen molar-refractivity contribution in [2.24, 2.45) is 0 Å². The zero-order valence-electron chi connectivity index (χ0n) is 28.1. The van der Waals surface area contributed by atoms with E-state index in [0.717, 1.165) is 50.5 Å². The van der Waals surface area contributed by atoms with Crippen LogP contribution in [0.3, 0.4) is 0 Å². The zero-order chi connectivity index (χ0) is 33.0. The molecule has 236 valence electrons. The number of imidazole rings is 1. The number of ether oxygens (including phenoxy) is 1. The molecule has 0 N–H and O–H groups in total. The molecule has 8 rings (SSSR count). The average Bonchev–Trinajstić information content (AvgIpc) is 3.65. The summed E-state index contributed by atoms with van der Waals surface area (Å²) >= 11 is 0. The van der Waals surface area contributed by atoms with E-state index in [1.54, 1.807) is 0 Å². The predicted molar refractivity (Wildman–Crippen MR) is 199 cm³/mol. The van der Waals surface area contributed by atoms with Gasteiger partial charge < -0.3 is 4.74 Å². The SMILES string of the molecule is CC(C)c1ccccc1-c1ccnc(-n2c3ccccc3c3ccc(Oc4cccc(-n5[cH+]n(C(C)(C)C)c6ccccc65)c4)cc32)c1. The zero-order valence-corrected chi connectivity index (χ0v) is 28.1. The number of benzene rings is 5. The Balaban J connectivity index is 1.22. The molecule has 0 amide bonds. The Labute approximate surface area is 281 Å². The first-order chi connectivity index (χ1) is 23.3. The third kappa shape index (κ3) is 5.12. The Kier molecular flexibility index (Phi) is 7.14. The third-order valence-corrected chi connectivity index (χ3v) is 9.20. The van der Waals surface area contributed by atoms with Crippen LogP contribution in [0, 0.1) is 0 Å². The van der Waals surface area contributed by atoms with Gasteiger partial charge in [0.25, 0.3) is 0 Å². The van der Waals surface area contributed by atoms with Gasteiger partial charge in [0.15, 0.2) is 17.4 Å². The minimum absolute atomic E-state index is 0.0565. The van der Waals surface area contributed by atoms with Crippen LogP contribution in [0.15, 0.2) is 140 Å². The van der Waals surface area contributed by atoms with Gasteiger partial charge in [-0.25, -0.2) is 9.55 Å². The molecule has 0 spiro atoms. The summed E-state index contributed by atoms with van der Waals surface area (Å²) in [6.45, 7) is 11.2. The highest BCUT2D eigenvalue weighted by Gasteiger charge is 2.25. The molecular formula is C43H39N4O+. The van der Waals surface area contributed by atoms with Crippen LogP contribution in [0.5, 0.6) is 11.5 Å². The fraction of sp³-hybridized carbons (Fsp3) is 0.163. The molecule has 0 atom stereocenters. The fourth-order valence-electron chi connectivity index (χ4n) is 6.92. The second-order valence-electron chi connectivity index (χ2n) is 13.8. The maximum Gasteiger partial charge on any atom is 0.191 e. The van der Waals surface area contributed by atoms with E-state index in [2.05, 4.69) is 176 Å². The maximum absolute atomic E-state index is 6.60. The molecule has 0 aliphatic carbocycles. The van der Waals surface area contributed by atoms with E-state index >= 15 is 0 Å². The number of rotatable bonds is 6. The summed E-state index contributed by atoms with van der Waals surface area (Å²) in [6, 6.07) is 44.7. The molecule has 0 radical (unpaired) electrons. The predicted octanol–water partition coefficient (Wildman–Crippen LogP) is 11.5. The molecule has 0 unspecified atom stereocenters. The van der Waals surface area contributed by atoms with Crippen molar-refractivity contribution in [3.05, 3.63) is 145 Å². The van der Waals surface area contributed by atoms with Crippen molar-refractivity contribution in [3.8, 4) is 34.1 Å². The van der Waals surface area contributed by atoms with Crippen molar-refractivity contribution in [2.45, 2.75) is 46.1 Å². The number of aromatic nitrogens is 4. The molecule has 5 aromatic carbocycles. The van der Waals surface area contributed by atoms with E-state index < -0.39 is 0 Å². The first-order valence-electron chi connectivity index (χ1n) is 16.7. The van der Waals surface area contributed by atoms with Crippen molar-refractivity contribution in [2.75, 3.05) is 0 Å². The molecule has 0 bridgehead atoms. The Bertz CT molecular complexity index is 2460. The van der Waals surface area contributed by atoms with Gasteiger partial charge in [-0.1, -0.05) is 56.3 Å². The van der Waals surface area contributed by atoms with Gasteiger partial charge in [-0.3, -0.25) is 4.57 Å². The van der Waals surface area contributed by atoms with Crippen LogP contribution in [0.2, 0.25) is 0 Å². The van der Waals surface area contributed by atoms with Crippen LogP contribution < -0.4 is 4.74 Å². The molecule has 0 saturated heterocycles. The molecule has 0 aliphatic rings. The summed E-state index contributed by atoms with van der Waals surface area (Å²) in [5, 5.41) is 2.34. The molecule has 3 heterocycles. The molecule has 48 heavy (non-hydrogen) atoms. The van der Waals surface area contributed by atoms with E-state index in [9.17, 15) is 0 Å². The van der Waals surface area contributed by atoms with Crippen molar-refractivity contribution in [1.29, 1.82) is 0 Å². The second-order valence-corrected chi connectivity index (χ2v) is 13.8. The van der Waals surface area contributed by atoms with Crippen LogP contribution in [-0.4, -0.2) is 18.7 Å². The monoisotopic (exact) mass is 627 g/mol. The third-order valence-electron chi connectivity index (χ3n) is 9.20. The smallest absolute Gasteiger partial charge is 0.191 e. The van der Waals surface area contributed by atoms with Crippen molar-refractivity contribution < 1.29 is 4.74 Å². The first-order valence-corrected chi connectivity index (χ1v) is 16.7. The fourth-order valence-corrected chi connectivity index (χ4v) is 6.92. The first kappa shape index (κ1) is 29.7. The molecule has 0 fully saturated rings. The Hall–Kier alpha value is -5.68. The number of fused-ring (bicyclic) bond motifs is 4. The largest absolute Gasteiger partial charge is 0.456 e. The van der Waals surface area contributed by atoms with Gasteiger partial charge >= 0.3 is 0 Å². The van der Waals surface area contributed by atoms with E-state index in [1.807, 2.05) is 12.3 Å². The molecule has 5 nitrogen and oxygen atoms in total. The Morgan fingerprint density at radius 1 is 0.646 bits per heavy atom. The highest BCUT2D eigenvalue weighted by Crippen LogP contribution is 2.37. The van der Waals surface area contributed by atoms with E-state index in [-0.39, 0.29) is 5.54 Å². The van der Waals surface area contributed by atoms with Crippen LogP contribution in [0.1, 0.15) is 46.1 Å². The number of para-hydroxylation sites is 3. The topological polar surface area (TPSA) is 36.9 Å². The standard InChI is InChI=1S/C43H39N4O/c1-29(2)34-15-6-7-16-35(34)30-23-24-44-42(25-30)47-38-18-9-8-17-36(38)37-22-21-33(27-41(37)47)48-32-14-12-13-31(26-32)45-28-46(43(3,4)5)40-20-11-10-19-39(40)45/h6-29H,1-5H3/q+1. The Morgan fingerprint density at radius 2 is 1.35 bits per heavy atom. The number of pyridine rings is 1. The van der Waals surface area contributed by atoms with Crippen LogP contribution in [0.4, 0.5) is 0 Å². The van der Waals surface area contributed by atoms with Crippen LogP contribution in [-0.2, 0) is 5.54 Å². The molecule has 8 aromatic rings.